The molecule has 18 heavy (non-hydrogen) atoms. The van der Waals surface area contributed by atoms with Gasteiger partial charge in [-0.2, -0.15) is 0 Å². The Morgan fingerprint density at radius 3 is 2.33 bits per heavy atom. The number of anilines is 2. The van der Waals surface area contributed by atoms with Crippen LogP contribution in [0.2, 0.25) is 0 Å². The Labute approximate surface area is 105 Å². The number of oxazole rings is 1. The van der Waals surface area contributed by atoms with Crippen LogP contribution in [0.5, 0.6) is 0 Å². The van der Waals surface area contributed by atoms with Gasteiger partial charge in [0.2, 0.25) is 5.89 Å². The first kappa shape index (κ1) is 9.53. The van der Waals surface area contributed by atoms with Crippen molar-refractivity contribution in [2.45, 2.75) is 6.17 Å². The number of aromatic nitrogens is 1. The molecular weight excluding hydrogens is 226 g/mol. The summed E-state index contributed by atoms with van der Waals surface area (Å²) in [5.41, 5.74) is 3.84. The standard InChI is InChI=1S/C14H11N3O.H2/c1-2-6-10-9(5-1)15-13(16-10)14-17-11-7-3-4-8-12(11)18-14;/h1-8,13,15-16H;1H. The second-order valence-electron chi connectivity index (χ2n) is 4.29. The SMILES string of the molecule is [HH].c1ccc2c(c1)NC(c1nc3ccccc3o1)N2. The van der Waals surface area contributed by atoms with Gasteiger partial charge in [0, 0.05) is 1.43 Å². The van der Waals surface area contributed by atoms with Crippen molar-refractivity contribution < 1.29 is 5.84 Å². The Kier molecular flexibility index (Phi) is 1.85. The molecule has 3 aromatic rings. The summed E-state index contributed by atoms with van der Waals surface area (Å²) in [7, 11) is 0. The molecule has 2 heterocycles. The summed E-state index contributed by atoms with van der Waals surface area (Å²) >= 11 is 0. The molecule has 4 nitrogen and oxygen atoms in total. The van der Waals surface area contributed by atoms with E-state index in [-0.39, 0.29) is 7.59 Å². The summed E-state index contributed by atoms with van der Waals surface area (Å²) in [6, 6.07) is 15.8. The number of benzene rings is 2. The van der Waals surface area contributed by atoms with Crippen LogP contribution in [0.1, 0.15) is 13.5 Å². The molecule has 2 N–H and O–H groups in total. The molecule has 0 radical (unpaired) electrons. The quantitative estimate of drug-likeness (QED) is 0.681. The Morgan fingerprint density at radius 2 is 1.61 bits per heavy atom. The van der Waals surface area contributed by atoms with Crippen molar-refractivity contribution in [1.29, 1.82) is 0 Å². The number of hydrogen-bond acceptors (Lipinski definition) is 4. The molecule has 0 bridgehead atoms. The van der Waals surface area contributed by atoms with E-state index in [9.17, 15) is 0 Å². The predicted octanol–water partition coefficient (Wildman–Crippen LogP) is 3.61. The van der Waals surface area contributed by atoms with Crippen LogP contribution in [0.25, 0.3) is 11.1 Å². The Balaban J connectivity index is 0.00000110. The topological polar surface area (TPSA) is 50.1 Å². The van der Waals surface area contributed by atoms with E-state index in [2.05, 4.69) is 15.6 Å². The van der Waals surface area contributed by atoms with Gasteiger partial charge in [0.05, 0.1) is 11.4 Å². The largest absolute Gasteiger partial charge is 0.436 e. The van der Waals surface area contributed by atoms with Crippen molar-refractivity contribution in [2.75, 3.05) is 10.6 Å². The fourth-order valence-corrected chi connectivity index (χ4v) is 2.22. The second-order valence-corrected chi connectivity index (χ2v) is 4.29. The molecular formula is C14H13N3O. The predicted molar refractivity (Wildman–Crippen MR) is 72.6 cm³/mol. The maximum Gasteiger partial charge on any atom is 0.238 e. The molecule has 2 aromatic carbocycles. The van der Waals surface area contributed by atoms with Gasteiger partial charge >= 0.3 is 0 Å². The summed E-state index contributed by atoms with van der Waals surface area (Å²) in [6.07, 6.45) is -0.102. The molecule has 1 aromatic heterocycles. The summed E-state index contributed by atoms with van der Waals surface area (Å²) < 4.78 is 5.75. The van der Waals surface area contributed by atoms with E-state index in [1.54, 1.807) is 0 Å². The average Bonchev–Trinajstić information content (AvgIpc) is 3.02. The van der Waals surface area contributed by atoms with Gasteiger partial charge in [-0.05, 0) is 24.3 Å². The molecule has 0 atom stereocenters. The van der Waals surface area contributed by atoms with E-state index in [0.29, 0.717) is 5.89 Å². The zero-order valence-electron chi connectivity index (χ0n) is 9.55. The molecule has 0 spiro atoms. The van der Waals surface area contributed by atoms with Crippen molar-refractivity contribution in [2.24, 2.45) is 0 Å². The first-order chi connectivity index (χ1) is 8.90. The van der Waals surface area contributed by atoms with Gasteiger partial charge in [0.25, 0.3) is 0 Å². The number of fused-ring (bicyclic) bond motifs is 2. The number of rotatable bonds is 1. The molecule has 0 aliphatic carbocycles. The molecule has 0 amide bonds. The molecule has 0 saturated heterocycles. The van der Waals surface area contributed by atoms with Gasteiger partial charge in [-0.3, -0.25) is 0 Å². The van der Waals surface area contributed by atoms with Crippen LogP contribution < -0.4 is 10.6 Å². The smallest absolute Gasteiger partial charge is 0.238 e. The number of para-hydroxylation sites is 4. The van der Waals surface area contributed by atoms with Gasteiger partial charge in [-0.1, -0.05) is 24.3 Å². The molecule has 4 heteroatoms. The minimum atomic E-state index is -0.102. The van der Waals surface area contributed by atoms with E-state index < -0.39 is 0 Å². The highest BCUT2D eigenvalue weighted by Crippen LogP contribution is 2.35. The Morgan fingerprint density at radius 1 is 0.944 bits per heavy atom. The third-order valence-electron chi connectivity index (χ3n) is 3.08. The number of nitrogens with one attached hydrogen (secondary N) is 2. The first-order valence-electron chi connectivity index (χ1n) is 5.88. The zero-order valence-corrected chi connectivity index (χ0v) is 9.55. The lowest BCUT2D eigenvalue weighted by Crippen LogP contribution is -2.12. The van der Waals surface area contributed by atoms with Crippen LogP contribution in [0.15, 0.2) is 52.9 Å². The van der Waals surface area contributed by atoms with E-state index in [4.69, 9.17) is 4.42 Å². The normalized spacial score (nSPS) is 14.2. The van der Waals surface area contributed by atoms with Gasteiger partial charge in [-0.15, -0.1) is 0 Å². The monoisotopic (exact) mass is 239 g/mol. The van der Waals surface area contributed by atoms with Crippen molar-refractivity contribution in [3.05, 3.63) is 54.4 Å². The molecule has 90 valence electrons. The third-order valence-corrected chi connectivity index (χ3v) is 3.08. The number of nitrogens with zero attached hydrogens (tertiary/aromatic N) is 1. The minimum absolute atomic E-state index is 0. The van der Waals surface area contributed by atoms with Crippen LogP contribution in [0.4, 0.5) is 11.4 Å². The maximum atomic E-state index is 5.75. The lowest BCUT2D eigenvalue weighted by Gasteiger charge is -2.06. The van der Waals surface area contributed by atoms with Crippen molar-refractivity contribution in [3.63, 3.8) is 0 Å². The van der Waals surface area contributed by atoms with Crippen molar-refractivity contribution in [1.82, 2.24) is 4.98 Å². The van der Waals surface area contributed by atoms with E-state index >= 15 is 0 Å². The summed E-state index contributed by atoms with van der Waals surface area (Å²) in [5, 5.41) is 6.69. The highest BCUT2D eigenvalue weighted by atomic mass is 16.4. The third kappa shape index (κ3) is 1.35. The highest BCUT2D eigenvalue weighted by molar-refractivity contribution is 5.76. The van der Waals surface area contributed by atoms with Crippen LogP contribution in [-0.2, 0) is 0 Å². The zero-order chi connectivity index (χ0) is 11.9. The lowest BCUT2D eigenvalue weighted by molar-refractivity contribution is 0.514. The van der Waals surface area contributed by atoms with Crippen LogP contribution in [0, 0.1) is 0 Å². The lowest BCUT2D eigenvalue weighted by atomic mass is 10.3. The molecule has 1 aliphatic rings. The van der Waals surface area contributed by atoms with Crippen LogP contribution in [-0.4, -0.2) is 4.98 Å². The van der Waals surface area contributed by atoms with Gasteiger partial charge < -0.3 is 15.1 Å². The number of hydrogen-bond donors (Lipinski definition) is 2. The second kappa shape index (κ2) is 3.50. The van der Waals surface area contributed by atoms with E-state index in [0.717, 1.165) is 22.5 Å². The molecule has 4 rings (SSSR count). The highest BCUT2D eigenvalue weighted by Gasteiger charge is 2.24. The fraction of sp³-hybridized carbons (Fsp3) is 0.0714. The Hall–Kier alpha value is -2.49. The molecule has 0 unspecified atom stereocenters. The minimum Gasteiger partial charge on any atom is -0.436 e. The van der Waals surface area contributed by atoms with Gasteiger partial charge in [0.15, 0.2) is 11.7 Å². The van der Waals surface area contributed by atoms with Gasteiger partial charge in [0.1, 0.15) is 5.52 Å². The first-order valence-corrected chi connectivity index (χ1v) is 5.88. The van der Waals surface area contributed by atoms with Gasteiger partial charge in [-0.25, -0.2) is 4.98 Å². The molecule has 0 fully saturated rings. The molecule has 1 aliphatic heterocycles. The average molecular weight is 239 g/mol. The fourth-order valence-electron chi connectivity index (χ4n) is 2.22. The van der Waals surface area contributed by atoms with E-state index in [1.807, 2.05) is 48.5 Å². The summed E-state index contributed by atoms with van der Waals surface area (Å²) in [6.45, 7) is 0. The van der Waals surface area contributed by atoms with Crippen LogP contribution in [0.3, 0.4) is 0 Å². The van der Waals surface area contributed by atoms with Crippen LogP contribution >= 0.6 is 0 Å². The summed E-state index contributed by atoms with van der Waals surface area (Å²) in [4.78, 5) is 4.49. The van der Waals surface area contributed by atoms with Crippen molar-refractivity contribution in [3.8, 4) is 0 Å². The maximum absolute atomic E-state index is 5.75. The van der Waals surface area contributed by atoms with E-state index in [1.165, 1.54) is 0 Å². The summed E-state index contributed by atoms with van der Waals surface area (Å²) in [5.74, 6) is 0.660. The van der Waals surface area contributed by atoms with Crippen molar-refractivity contribution >= 4 is 22.5 Å². The molecule has 0 saturated carbocycles. The Bertz CT molecular complexity index is 667.